The van der Waals surface area contributed by atoms with Crippen molar-refractivity contribution in [2.24, 2.45) is 5.41 Å². The predicted octanol–water partition coefficient (Wildman–Crippen LogP) is 5.27. The Bertz CT molecular complexity index is 818. The minimum Gasteiger partial charge on any atom is -0.365 e. The number of piperazine rings is 1. The molecule has 0 bridgehead atoms. The third kappa shape index (κ3) is 3.54. The van der Waals surface area contributed by atoms with Crippen molar-refractivity contribution in [3.63, 3.8) is 0 Å². The van der Waals surface area contributed by atoms with Crippen molar-refractivity contribution >= 4 is 28.3 Å². The molecule has 1 fully saturated rings. The molecule has 0 unspecified atom stereocenters. The summed E-state index contributed by atoms with van der Waals surface area (Å²) in [5.74, 6) is -3.34. The molecule has 1 N–H and O–H groups in total. The number of hydrogen-bond acceptors (Lipinski definition) is 3. The van der Waals surface area contributed by atoms with Crippen LogP contribution in [-0.4, -0.2) is 47.1 Å². The molecule has 4 nitrogen and oxygen atoms in total. The summed E-state index contributed by atoms with van der Waals surface area (Å²) in [7, 11) is 0. The molecule has 0 spiro atoms. The average Bonchev–Trinajstić information content (AvgIpc) is 3.04. The monoisotopic (exact) mass is 398 g/mol. The highest BCUT2D eigenvalue weighted by atomic mass is 35.5. The van der Waals surface area contributed by atoms with E-state index < -0.39 is 11.3 Å². The molecule has 2 aromatic rings. The number of benzene rings is 1. The largest absolute Gasteiger partial charge is 0.365 e. The highest BCUT2D eigenvalue weighted by molar-refractivity contribution is 6.34. The van der Waals surface area contributed by atoms with Crippen molar-refractivity contribution in [3.05, 3.63) is 23.0 Å². The number of nitrogens with zero attached hydrogens (tertiary/aromatic N) is 3. The second-order valence-corrected chi connectivity index (χ2v) is 8.56. The summed E-state index contributed by atoms with van der Waals surface area (Å²) in [6, 6.07) is 3.86. The van der Waals surface area contributed by atoms with Gasteiger partial charge < -0.3 is 9.88 Å². The van der Waals surface area contributed by atoms with Crippen LogP contribution in [0.25, 0.3) is 11.0 Å². The lowest BCUT2D eigenvalue weighted by Crippen LogP contribution is -2.51. The summed E-state index contributed by atoms with van der Waals surface area (Å²) in [6.07, 6.45) is 0.349. The van der Waals surface area contributed by atoms with Gasteiger partial charge in [-0.1, -0.05) is 39.3 Å². The van der Waals surface area contributed by atoms with Gasteiger partial charge in [0.05, 0.1) is 21.7 Å². The van der Waals surface area contributed by atoms with Crippen LogP contribution in [0.4, 0.5) is 14.5 Å². The van der Waals surface area contributed by atoms with Crippen LogP contribution in [0.1, 0.15) is 46.9 Å². The van der Waals surface area contributed by atoms with Crippen molar-refractivity contribution in [3.8, 4) is 0 Å². The highest BCUT2D eigenvalue weighted by Crippen LogP contribution is 2.46. The van der Waals surface area contributed by atoms with Crippen molar-refractivity contribution in [2.75, 3.05) is 31.1 Å². The van der Waals surface area contributed by atoms with Gasteiger partial charge in [0.25, 0.3) is 0 Å². The smallest absolute Gasteiger partial charge is 0.309 e. The number of H-pyrrole nitrogens is 1. The molecule has 2 heterocycles. The first-order valence-corrected chi connectivity index (χ1v) is 10.0. The van der Waals surface area contributed by atoms with Gasteiger partial charge in [-0.25, -0.2) is 4.98 Å². The topological polar surface area (TPSA) is 35.2 Å². The van der Waals surface area contributed by atoms with Gasteiger partial charge >= 0.3 is 5.92 Å². The molecule has 0 radical (unpaired) electrons. The number of nitrogens with one attached hydrogen (secondary N) is 1. The Labute approximate surface area is 164 Å². The van der Waals surface area contributed by atoms with Crippen LogP contribution in [0.3, 0.4) is 0 Å². The molecule has 1 saturated heterocycles. The number of alkyl halides is 2. The number of fused-ring (bicyclic) bond motifs is 1. The van der Waals surface area contributed by atoms with Crippen LogP contribution in [0, 0.1) is 5.41 Å². The maximum atomic E-state index is 14.9. The Morgan fingerprint density at radius 1 is 1.26 bits per heavy atom. The lowest BCUT2D eigenvalue weighted by atomic mass is 9.82. The van der Waals surface area contributed by atoms with E-state index in [1.165, 1.54) is 0 Å². The fourth-order valence-corrected chi connectivity index (χ4v) is 3.88. The molecule has 1 atom stereocenters. The summed E-state index contributed by atoms with van der Waals surface area (Å²) in [5, 5.41) is 0.563. The molecule has 1 aliphatic rings. The van der Waals surface area contributed by atoms with Crippen molar-refractivity contribution in [1.82, 2.24) is 14.9 Å². The number of aromatic amines is 1. The summed E-state index contributed by atoms with van der Waals surface area (Å²) < 4.78 is 29.9. The quantitative estimate of drug-likeness (QED) is 0.744. The molecule has 1 aromatic heterocycles. The number of aromatic nitrogens is 2. The molecule has 0 aliphatic carbocycles. The number of anilines is 1. The Hall–Kier alpha value is -1.40. The molecular formula is C20H29ClF2N4. The molecule has 1 aromatic carbocycles. The number of hydrogen-bond donors (Lipinski definition) is 1. The lowest BCUT2D eigenvalue weighted by molar-refractivity contribution is -0.121. The first kappa shape index (κ1) is 20.3. The van der Waals surface area contributed by atoms with Gasteiger partial charge in [0, 0.05) is 31.1 Å². The van der Waals surface area contributed by atoms with E-state index in [0.717, 1.165) is 31.9 Å². The van der Waals surface area contributed by atoms with Gasteiger partial charge in [-0.05, 0) is 32.0 Å². The molecule has 7 heteroatoms. The van der Waals surface area contributed by atoms with Crippen LogP contribution < -0.4 is 4.90 Å². The van der Waals surface area contributed by atoms with Crippen LogP contribution >= 0.6 is 11.6 Å². The van der Waals surface area contributed by atoms with Crippen LogP contribution in [0.15, 0.2) is 12.1 Å². The van der Waals surface area contributed by atoms with Gasteiger partial charge in [0.15, 0.2) is 5.82 Å². The van der Waals surface area contributed by atoms with E-state index in [2.05, 4.69) is 33.6 Å². The maximum absolute atomic E-state index is 14.9. The second kappa shape index (κ2) is 7.21. The minimum atomic E-state index is -3.05. The normalized spacial score (nSPS) is 19.9. The van der Waals surface area contributed by atoms with E-state index >= 15 is 0 Å². The molecule has 0 amide bonds. The first-order valence-electron chi connectivity index (χ1n) is 9.67. The first-order chi connectivity index (χ1) is 12.6. The van der Waals surface area contributed by atoms with Crippen LogP contribution in [0.2, 0.25) is 5.02 Å². The molecule has 1 aliphatic heterocycles. The van der Waals surface area contributed by atoms with Gasteiger partial charge in [-0.15, -0.1) is 0 Å². The molecule has 3 rings (SSSR count). The third-order valence-corrected chi connectivity index (χ3v) is 6.35. The summed E-state index contributed by atoms with van der Waals surface area (Å²) >= 11 is 6.52. The van der Waals surface area contributed by atoms with Gasteiger partial charge in [-0.3, -0.25) is 4.90 Å². The Kier molecular flexibility index (Phi) is 5.43. The Morgan fingerprint density at radius 2 is 1.96 bits per heavy atom. The Morgan fingerprint density at radius 3 is 2.56 bits per heavy atom. The second-order valence-electron chi connectivity index (χ2n) is 8.15. The number of likely N-dealkylation sites (N-methyl/N-ethyl adjacent to an activating group) is 1. The van der Waals surface area contributed by atoms with Crippen molar-refractivity contribution in [2.45, 2.75) is 53.0 Å². The van der Waals surface area contributed by atoms with E-state index in [1.807, 2.05) is 6.07 Å². The maximum Gasteiger partial charge on any atom is 0.309 e. The van der Waals surface area contributed by atoms with E-state index in [9.17, 15) is 8.78 Å². The summed E-state index contributed by atoms with van der Waals surface area (Å²) in [5.41, 5.74) is 0.758. The lowest BCUT2D eigenvalue weighted by Gasteiger charge is -2.41. The van der Waals surface area contributed by atoms with Crippen LogP contribution in [-0.2, 0) is 5.92 Å². The summed E-state index contributed by atoms with van der Waals surface area (Å²) in [6.45, 7) is 13.0. The van der Waals surface area contributed by atoms with Gasteiger partial charge in [0.1, 0.15) is 0 Å². The highest BCUT2D eigenvalue weighted by Gasteiger charge is 2.49. The third-order valence-electron chi connectivity index (χ3n) is 6.05. The van der Waals surface area contributed by atoms with E-state index in [-0.39, 0.29) is 5.82 Å². The predicted molar refractivity (Wildman–Crippen MR) is 108 cm³/mol. The molecule has 150 valence electrons. The van der Waals surface area contributed by atoms with E-state index in [0.29, 0.717) is 28.5 Å². The molecule has 27 heavy (non-hydrogen) atoms. The zero-order valence-electron chi connectivity index (χ0n) is 16.7. The minimum absolute atomic E-state index is 0.290. The van der Waals surface area contributed by atoms with E-state index in [1.54, 1.807) is 26.8 Å². The fourth-order valence-electron chi connectivity index (χ4n) is 3.61. The zero-order chi connectivity index (χ0) is 20.0. The average molecular weight is 399 g/mol. The molecule has 0 saturated carbocycles. The number of imidazole rings is 1. The zero-order valence-corrected chi connectivity index (χ0v) is 17.5. The van der Waals surface area contributed by atoms with Gasteiger partial charge in [0.2, 0.25) is 0 Å². The van der Waals surface area contributed by atoms with E-state index in [4.69, 9.17) is 11.6 Å². The summed E-state index contributed by atoms with van der Waals surface area (Å²) in [4.78, 5) is 11.7. The fraction of sp³-hybridized carbons (Fsp3) is 0.650. The Balaban J connectivity index is 1.98. The standard InChI is InChI=1S/C20H29ClF2N4/c1-6-19(4,5)20(22,23)18-24-15-10-14(21)17(11-16(15)25-18)27-9-8-26(7-2)12-13(27)3/h10-11,13H,6-9,12H2,1-5H3,(H,24,25)/t13-/m1/s1. The molecular weight excluding hydrogens is 370 g/mol. The van der Waals surface area contributed by atoms with Crippen molar-refractivity contribution < 1.29 is 8.78 Å². The number of halogens is 3. The van der Waals surface area contributed by atoms with Gasteiger partial charge in [-0.2, -0.15) is 8.78 Å². The van der Waals surface area contributed by atoms with Crippen LogP contribution in [0.5, 0.6) is 0 Å². The SMILES string of the molecule is CCN1CCN(c2cc3nc(C(F)(F)C(C)(C)CC)[nH]c3cc2Cl)[C@H](C)C1. The van der Waals surface area contributed by atoms with Crippen molar-refractivity contribution in [1.29, 1.82) is 0 Å². The number of rotatable bonds is 5.